The van der Waals surface area contributed by atoms with E-state index < -0.39 is 4.92 Å². The highest BCUT2D eigenvalue weighted by atomic mass is 79.9. The van der Waals surface area contributed by atoms with E-state index in [0.29, 0.717) is 22.6 Å². The van der Waals surface area contributed by atoms with Gasteiger partial charge in [-0.05, 0) is 29.8 Å². The Labute approximate surface area is 176 Å². The number of nitro groups is 1. The maximum absolute atomic E-state index is 12.4. The van der Waals surface area contributed by atoms with E-state index in [4.69, 9.17) is 16.3 Å². The number of hydrogen-bond acceptors (Lipinski definition) is 5. The van der Waals surface area contributed by atoms with Crippen LogP contribution in [0.25, 0.3) is 0 Å². The largest absolute Gasteiger partial charge is 0.477 e. The van der Waals surface area contributed by atoms with Gasteiger partial charge in [-0.3, -0.25) is 19.8 Å². The molecule has 9 heteroatoms. The second-order valence-electron chi connectivity index (χ2n) is 6.44. The summed E-state index contributed by atoms with van der Waals surface area (Å²) < 4.78 is 6.00. The number of nitro benzene ring substituents is 1. The van der Waals surface area contributed by atoms with Crippen molar-refractivity contribution >= 4 is 39.1 Å². The van der Waals surface area contributed by atoms with Gasteiger partial charge < -0.3 is 9.64 Å². The summed E-state index contributed by atoms with van der Waals surface area (Å²) in [6.07, 6.45) is 0. The maximum Gasteiger partial charge on any atom is 0.312 e. The monoisotopic (exact) mass is 467 g/mol. The van der Waals surface area contributed by atoms with Crippen molar-refractivity contribution in [2.45, 2.75) is 6.54 Å². The predicted octanol–water partition coefficient (Wildman–Crippen LogP) is 3.73. The molecule has 3 rings (SSSR count). The van der Waals surface area contributed by atoms with Gasteiger partial charge in [0.25, 0.3) is 5.91 Å². The summed E-state index contributed by atoms with van der Waals surface area (Å²) in [5.41, 5.74) is 1.00. The molecule has 0 atom stereocenters. The summed E-state index contributed by atoms with van der Waals surface area (Å²) in [6.45, 7) is 3.29. The van der Waals surface area contributed by atoms with Gasteiger partial charge >= 0.3 is 5.69 Å². The lowest BCUT2D eigenvalue weighted by Crippen LogP contribution is -2.49. The minimum absolute atomic E-state index is 0.0860. The first-order valence-corrected chi connectivity index (χ1v) is 9.91. The lowest BCUT2D eigenvalue weighted by molar-refractivity contribution is -0.385. The zero-order chi connectivity index (χ0) is 20.1. The smallest absolute Gasteiger partial charge is 0.312 e. The number of halogens is 2. The second kappa shape index (κ2) is 9.36. The molecular weight excluding hydrogens is 450 g/mol. The summed E-state index contributed by atoms with van der Waals surface area (Å²) in [7, 11) is 0. The van der Waals surface area contributed by atoms with Gasteiger partial charge in [-0.1, -0.05) is 39.7 Å². The normalized spacial score (nSPS) is 14.7. The molecule has 0 aliphatic carbocycles. The number of nitrogens with zero attached hydrogens (tertiary/aromatic N) is 3. The molecule has 1 fully saturated rings. The van der Waals surface area contributed by atoms with Crippen molar-refractivity contribution in [1.29, 1.82) is 0 Å². The molecule has 28 heavy (non-hydrogen) atoms. The average molecular weight is 469 g/mol. The zero-order valence-electron chi connectivity index (χ0n) is 15.0. The summed E-state index contributed by atoms with van der Waals surface area (Å²) >= 11 is 9.10. The molecule has 1 aliphatic rings. The Balaban J connectivity index is 1.49. The van der Waals surface area contributed by atoms with Gasteiger partial charge in [-0.25, -0.2) is 0 Å². The maximum atomic E-state index is 12.4. The molecule has 1 heterocycles. The van der Waals surface area contributed by atoms with E-state index >= 15 is 0 Å². The zero-order valence-corrected chi connectivity index (χ0v) is 17.4. The van der Waals surface area contributed by atoms with Crippen molar-refractivity contribution in [3.63, 3.8) is 0 Å². The quantitative estimate of drug-likeness (QED) is 0.477. The first-order valence-electron chi connectivity index (χ1n) is 8.73. The molecule has 2 aromatic carbocycles. The fourth-order valence-electron chi connectivity index (χ4n) is 2.99. The molecule has 0 N–H and O–H groups in total. The van der Waals surface area contributed by atoms with Crippen LogP contribution in [0.4, 0.5) is 5.69 Å². The number of rotatable bonds is 6. The van der Waals surface area contributed by atoms with Crippen LogP contribution in [0, 0.1) is 10.1 Å². The van der Waals surface area contributed by atoms with Gasteiger partial charge in [0.15, 0.2) is 12.4 Å². The van der Waals surface area contributed by atoms with Crippen LogP contribution in [0.5, 0.6) is 5.75 Å². The van der Waals surface area contributed by atoms with Gasteiger partial charge in [0.1, 0.15) is 0 Å². The van der Waals surface area contributed by atoms with Crippen LogP contribution in [-0.2, 0) is 11.3 Å². The highest BCUT2D eigenvalue weighted by Crippen LogP contribution is 2.30. The Bertz CT molecular complexity index is 855. The predicted molar refractivity (Wildman–Crippen MR) is 110 cm³/mol. The third kappa shape index (κ3) is 5.43. The van der Waals surface area contributed by atoms with Crippen LogP contribution in [-0.4, -0.2) is 53.4 Å². The molecule has 0 saturated carbocycles. The summed E-state index contributed by atoms with van der Waals surface area (Å²) in [5, 5.41) is 11.8. The molecule has 1 aliphatic heterocycles. The van der Waals surface area contributed by atoms with E-state index in [-0.39, 0.29) is 24.0 Å². The molecule has 1 saturated heterocycles. The summed E-state index contributed by atoms with van der Waals surface area (Å²) in [4.78, 5) is 27.0. The Kier molecular flexibility index (Phi) is 6.88. The first-order chi connectivity index (χ1) is 13.4. The third-order valence-electron chi connectivity index (χ3n) is 4.51. The lowest BCUT2D eigenvalue weighted by atomic mass is 10.2. The number of carbonyl (C=O) groups excluding carboxylic acids is 1. The summed E-state index contributed by atoms with van der Waals surface area (Å²) in [5.74, 6) is -0.0914. The van der Waals surface area contributed by atoms with E-state index in [1.54, 1.807) is 11.0 Å². The van der Waals surface area contributed by atoms with Crippen molar-refractivity contribution < 1.29 is 14.5 Å². The molecule has 7 nitrogen and oxygen atoms in total. The summed E-state index contributed by atoms with van der Waals surface area (Å²) in [6, 6.07) is 12.2. The van der Waals surface area contributed by atoms with Gasteiger partial charge in [0, 0.05) is 48.3 Å². The Morgan fingerprint density at radius 3 is 2.46 bits per heavy atom. The van der Waals surface area contributed by atoms with Crippen LogP contribution in [0.3, 0.4) is 0 Å². The number of benzene rings is 2. The lowest BCUT2D eigenvalue weighted by Gasteiger charge is -2.34. The van der Waals surface area contributed by atoms with Gasteiger partial charge in [-0.2, -0.15) is 0 Å². The fraction of sp³-hybridized carbons (Fsp3) is 0.316. The molecule has 0 radical (unpaired) electrons. The van der Waals surface area contributed by atoms with E-state index in [1.165, 1.54) is 17.7 Å². The minimum Gasteiger partial charge on any atom is -0.477 e. The van der Waals surface area contributed by atoms with Crippen LogP contribution in [0.15, 0.2) is 46.9 Å². The molecule has 0 aromatic heterocycles. The first kappa shape index (κ1) is 20.6. The second-order valence-corrected chi connectivity index (χ2v) is 7.79. The van der Waals surface area contributed by atoms with Gasteiger partial charge in [-0.15, -0.1) is 0 Å². The van der Waals surface area contributed by atoms with Crippen molar-refractivity contribution in [1.82, 2.24) is 9.80 Å². The minimum atomic E-state index is -0.528. The van der Waals surface area contributed by atoms with Gasteiger partial charge in [0.2, 0.25) is 0 Å². The Hall–Kier alpha value is -2.16. The van der Waals surface area contributed by atoms with Crippen molar-refractivity contribution in [3.05, 3.63) is 67.6 Å². The molecule has 0 bridgehead atoms. The Morgan fingerprint density at radius 1 is 1.14 bits per heavy atom. The number of carbonyl (C=O) groups is 1. The molecule has 1 amide bonds. The van der Waals surface area contributed by atoms with E-state index in [0.717, 1.165) is 19.6 Å². The van der Waals surface area contributed by atoms with Crippen LogP contribution in [0.2, 0.25) is 5.02 Å². The SMILES string of the molecule is O=C(COc1ccc(Br)cc1[N+](=O)[O-])N1CCN(Cc2ccc(Cl)cc2)CC1. The molecule has 0 spiro atoms. The van der Waals surface area contributed by atoms with Gasteiger partial charge in [0.05, 0.1) is 4.92 Å². The highest BCUT2D eigenvalue weighted by Gasteiger charge is 2.23. The van der Waals surface area contributed by atoms with E-state index in [2.05, 4.69) is 20.8 Å². The molecule has 148 valence electrons. The van der Waals surface area contributed by atoms with Crippen LogP contribution >= 0.6 is 27.5 Å². The van der Waals surface area contributed by atoms with Crippen molar-refractivity contribution in [2.24, 2.45) is 0 Å². The third-order valence-corrected chi connectivity index (χ3v) is 5.26. The Morgan fingerprint density at radius 2 is 1.82 bits per heavy atom. The van der Waals surface area contributed by atoms with Crippen LogP contribution in [0.1, 0.15) is 5.56 Å². The standard InChI is InChI=1S/C19H19BrClN3O4/c20-15-3-6-18(17(11-15)24(26)27)28-13-19(25)23-9-7-22(8-10-23)12-14-1-4-16(21)5-2-14/h1-6,11H,7-10,12-13H2. The number of ether oxygens (including phenoxy) is 1. The molecule has 2 aromatic rings. The number of amides is 1. The van der Waals surface area contributed by atoms with Crippen molar-refractivity contribution in [2.75, 3.05) is 32.8 Å². The topological polar surface area (TPSA) is 75.9 Å². The van der Waals surface area contributed by atoms with E-state index in [1.807, 2.05) is 24.3 Å². The highest BCUT2D eigenvalue weighted by molar-refractivity contribution is 9.10. The molecular formula is C19H19BrClN3O4. The average Bonchev–Trinajstić information content (AvgIpc) is 2.69. The number of hydrogen-bond donors (Lipinski definition) is 0. The van der Waals surface area contributed by atoms with E-state index in [9.17, 15) is 14.9 Å². The fourth-order valence-corrected chi connectivity index (χ4v) is 3.46. The molecule has 0 unspecified atom stereocenters. The van der Waals surface area contributed by atoms with Crippen LogP contribution < -0.4 is 4.74 Å². The number of piperazine rings is 1. The van der Waals surface area contributed by atoms with Crippen molar-refractivity contribution in [3.8, 4) is 5.75 Å².